The molecule has 0 aliphatic carbocycles. The average Bonchev–Trinajstić information content (AvgIpc) is 2.71. The number of nitrogens with zero attached hydrogens (tertiary/aromatic N) is 1. The van der Waals surface area contributed by atoms with Crippen molar-refractivity contribution in [3.8, 4) is 0 Å². The van der Waals surface area contributed by atoms with Crippen LogP contribution in [0.1, 0.15) is 13.8 Å². The van der Waals surface area contributed by atoms with Crippen LogP contribution in [-0.4, -0.2) is 29.9 Å². The van der Waals surface area contributed by atoms with Crippen molar-refractivity contribution in [3.63, 3.8) is 0 Å². The van der Waals surface area contributed by atoms with Gasteiger partial charge in [0.2, 0.25) is 0 Å². The summed E-state index contributed by atoms with van der Waals surface area (Å²) in [5, 5.41) is 12.6. The van der Waals surface area contributed by atoms with Gasteiger partial charge in [0.25, 0.3) is 0 Å². The Morgan fingerprint density at radius 1 is 1.47 bits per heavy atom. The molecule has 5 nitrogen and oxygen atoms in total. The van der Waals surface area contributed by atoms with E-state index in [1.807, 2.05) is 31.2 Å². The van der Waals surface area contributed by atoms with Gasteiger partial charge in [-0.1, -0.05) is 12.1 Å². The van der Waals surface area contributed by atoms with E-state index >= 15 is 0 Å². The van der Waals surface area contributed by atoms with Crippen LogP contribution >= 0.6 is 0 Å². The number of nitrogens with one attached hydrogen (secondary N) is 1. The number of hydrogen-bond acceptors (Lipinski definition) is 4. The Labute approximate surface area is 111 Å². The fourth-order valence-corrected chi connectivity index (χ4v) is 2.85. The first kappa shape index (κ1) is 11.9. The number of para-hydroxylation sites is 2. The number of anilines is 2. The monoisotopic (exact) mass is 260 g/mol. The van der Waals surface area contributed by atoms with E-state index in [1.54, 1.807) is 6.92 Å². The van der Waals surface area contributed by atoms with Crippen molar-refractivity contribution < 1.29 is 14.6 Å². The van der Waals surface area contributed by atoms with Crippen LogP contribution in [0.15, 0.2) is 35.6 Å². The molecule has 1 aromatic carbocycles. The van der Waals surface area contributed by atoms with Gasteiger partial charge in [-0.2, -0.15) is 0 Å². The summed E-state index contributed by atoms with van der Waals surface area (Å²) < 4.78 is 5.76. The van der Waals surface area contributed by atoms with E-state index in [9.17, 15) is 9.90 Å². The highest BCUT2D eigenvalue weighted by molar-refractivity contribution is 5.91. The number of carboxylic acid groups (broad SMARTS) is 1. The summed E-state index contributed by atoms with van der Waals surface area (Å²) in [6, 6.07) is 7.55. The summed E-state index contributed by atoms with van der Waals surface area (Å²) in [7, 11) is 0. The lowest BCUT2D eigenvalue weighted by Crippen LogP contribution is -2.50. The van der Waals surface area contributed by atoms with Crippen LogP contribution < -0.4 is 10.2 Å². The quantitative estimate of drug-likeness (QED) is 0.852. The summed E-state index contributed by atoms with van der Waals surface area (Å²) >= 11 is 0. The molecule has 2 unspecified atom stereocenters. The molecular formula is C14H16N2O3. The summed E-state index contributed by atoms with van der Waals surface area (Å²) in [5.41, 5.74) is 2.31. The second-order valence-corrected chi connectivity index (χ2v) is 4.71. The van der Waals surface area contributed by atoms with Crippen molar-refractivity contribution in [2.24, 2.45) is 0 Å². The molecule has 0 spiro atoms. The first-order valence-electron chi connectivity index (χ1n) is 6.36. The van der Waals surface area contributed by atoms with E-state index in [0.29, 0.717) is 11.3 Å². The lowest BCUT2D eigenvalue weighted by molar-refractivity contribution is -0.132. The van der Waals surface area contributed by atoms with E-state index in [0.717, 1.165) is 17.9 Å². The Hall–Kier alpha value is -2.17. The molecule has 0 bridgehead atoms. The highest BCUT2D eigenvalue weighted by atomic mass is 16.5. The van der Waals surface area contributed by atoms with Crippen molar-refractivity contribution in [2.45, 2.75) is 26.1 Å². The summed E-state index contributed by atoms with van der Waals surface area (Å²) in [4.78, 5) is 13.5. The molecule has 100 valence electrons. The third kappa shape index (κ3) is 1.65. The number of likely N-dealkylation sites (N-methyl/N-ethyl adjacent to an activating group) is 1. The van der Waals surface area contributed by atoms with E-state index in [1.165, 1.54) is 0 Å². The lowest BCUT2D eigenvalue weighted by Gasteiger charge is -2.40. The molecule has 2 aliphatic heterocycles. The number of hydrogen-bond donors (Lipinski definition) is 2. The van der Waals surface area contributed by atoms with Crippen LogP contribution in [0.3, 0.4) is 0 Å². The van der Waals surface area contributed by atoms with Gasteiger partial charge in [-0.3, -0.25) is 0 Å². The van der Waals surface area contributed by atoms with Gasteiger partial charge in [0, 0.05) is 6.54 Å². The SMILES string of the molecule is CCN1c2ccccc2NC2C(C(=O)O)=C(C)OC21. The Morgan fingerprint density at radius 2 is 2.21 bits per heavy atom. The number of benzene rings is 1. The van der Waals surface area contributed by atoms with Gasteiger partial charge in [0.15, 0.2) is 6.23 Å². The Balaban J connectivity index is 2.06. The number of carbonyl (C=O) groups is 1. The maximum Gasteiger partial charge on any atom is 0.337 e. The molecule has 0 saturated heterocycles. The normalized spacial score (nSPS) is 24.4. The summed E-state index contributed by atoms with van der Waals surface area (Å²) in [5.74, 6) is -0.436. The number of fused-ring (bicyclic) bond motifs is 2. The number of carboxylic acids is 1. The number of rotatable bonds is 2. The van der Waals surface area contributed by atoms with Crippen molar-refractivity contribution in [2.75, 3.05) is 16.8 Å². The van der Waals surface area contributed by atoms with Gasteiger partial charge in [-0.05, 0) is 26.0 Å². The van der Waals surface area contributed by atoms with Gasteiger partial charge in [-0.25, -0.2) is 4.79 Å². The third-order valence-corrected chi connectivity index (χ3v) is 3.68. The molecule has 3 rings (SSSR count). The molecule has 2 N–H and O–H groups in total. The van der Waals surface area contributed by atoms with Crippen molar-refractivity contribution in [1.82, 2.24) is 0 Å². The minimum absolute atomic E-state index is 0.286. The summed E-state index contributed by atoms with van der Waals surface area (Å²) in [6.07, 6.45) is -0.286. The van der Waals surface area contributed by atoms with Crippen LogP contribution in [0.25, 0.3) is 0 Å². The molecule has 0 radical (unpaired) electrons. The third-order valence-electron chi connectivity index (χ3n) is 3.68. The molecule has 19 heavy (non-hydrogen) atoms. The van der Waals surface area contributed by atoms with Crippen LogP contribution in [0.2, 0.25) is 0 Å². The zero-order chi connectivity index (χ0) is 13.6. The van der Waals surface area contributed by atoms with E-state index in [4.69, 9.17) is 4.74 Å². The molecule has 1 aromatic rings. The fraction of sp³-hybridized carbons (Fsp3) is 0.357. The van der Waals surface area contributed by atoms with Gasteiger partial charge in [-0.15, -0.1) is 0 Å². The maximum absolute atomic E-state index is 11.4. The van der Waals surface area contributed by atoms with Crippen molar-refractivity contribution >= 4 is 17.3 Å². The van der Waals surface area contributed by atoms with E-state index < -0.39 is 5.97 Å². The minimum atomic E-state index is -0.923. The first-order chi connectivity index (χ1) is 9.13. The van der Waals surface area contributed by atoms with Gasteiger partial charge < -0.3 is 20.1 Å². The molecule has 0 aromatic heterocycles. The first-order valence-corrected chi connectivity index (χ1v) is 6.36. The molecule has 2 heterocycles. The lowest BCUT2D eigenvalue weighted by atomic mass is 10.0. The number of aliphatic carboxylic acids is 1. The molecule has 0 amide bonds. The predicted octanol–water partition coefficient (Wildman–Crippen LogP) is 2.02. The second kappa shape index (κ2) is 4.19. The van der Waals surface area contributed by atoms with Crippen LogP contribution in [-0.2, 0) is 9.53 Å². The summed E-state index contributed by atoms with van der Waals surface area (Å²) in [6.45, 7) is 4.51. The standard InChI is InChI=1S/C14H16N2O3/c1-3-16-10-7-5-4-6-9(10)15-12-11(14(17)18)8(2)19-13(12)16/h4-7,12-13,15H,3H2,1-2H3,(H,17,18). The zero-order valence-corrected chi connectivity index (χ0v) is 10.9. The topological polar surface area (TPSA) is 61.8 Å². The van der Waals surface area contributed by atoms with Gasteiger partial charge in [0.05, 0.1) is 11.4 Å². The van der Waals surface area contributed by atoms with E-state index in [-0.39, 0.29) is 12.3 Å². The Bertz CT molecular complexity index is 568. The minimum Gasteiger partial charge on any atom is -0.478 e. The molecular weight excluding hydrogens is 244 g/mol. The highest BCUT2D eigenvalue weighted by Crippen LogP contribution is 2.40. The molecule has 5 heteroatoms. The molecule has 0 fully saturated rings. The zero-order valence-electron chi connectivity index (χ0n) is 10.9. The maximum atomic E-state index is 11.4. The van der Waals surface area contributed by atoms with Crippen LogP contribution in [0.5, 0.6) is 0 Å². The number of allylic oxidation sites excluding steroid dienone is 1. The highest BCUT2D eigenvalue weighted by Gasteiger charge is 2.45. The Kier molecular flexibility index (Phi) is 2.62. The largest absolute Gasteiger partial charge is 0.478 e. The van der Waals surface area contributed by atoms with E-state index in [2.05, 4.69) is 10.2 Å². The average molecular weight is 260 g/mol. The molecule has 2 atom stereocenters. The van der Waals surface area contributed by atoms with Gasteiger partial charge in [0.1, 0.15) is 17.4 Å². The molecule has 2 aliphatic rings. The fourth-order valence-electron chi connectivity index (χ4n) is 2.85. The second-order valence-electron chi connectivity index (χ2n) is 4.71. The van der Waals surface area contributed by atoms with Crippen molar-refractivity contribution in [3.05, 3.63) is 35.6 Å². The van der Waals surface area contributed by atoms with Crippen LogP contribution in [0.4, 0.5) is 11.4 Å². The van der Waals surface area contributed by atoms with Crippen molar-refractivity contribution in [1.29, 1.82) is 0 Å². The molecule has 0 saturated carbocycles. The Morgan fingerprint density at radius 3 is 2.89 bits per heavy atom. The van der Waals surface area contributed by atoms with Gasteiger partial charge >= 0.3 is 5.97 Å². The number of ether oxygens (including phenoxy) is 1. The smallest absolute Gasteiger partial charge is 0.337 e. The van der Waals surface area contributed by atoms with Crippen LogP contribution in [0, 0.1) is 0 Å². The predicted molar refractivity (Wildman–Crippen MR) is 72.1 cm³/mol.